The molecule has 150 valence electrons. The standard InChI is InChI=1S/C18H20FN3O5S/c1-13-7-3-5-9-15(13)22(28(2,25)26)11-17(23)20-21-18(24)12-27-16-10-6-4-8-14(16)19/h3-10H,11-12H2,1-2H3,(H,20,23)(H,21,24). The molecular formula is C18H20FN3O5S. The van der Waals surface area contributed by atoms with E-state index in [4.69, 9.17) is 4.74 Å². The Kier molecular flexibility index (Phi) is 6.94. The molecule has 0 fully saturated rings. The molecule has 28 heavy (non-hydrogen) atoms. The molecule has 2 amide bonds. The Labute approximate surface area is 162 Å². The largest absolute Gasteiger partial charge is 0.481 e. The van der Waals surface area contributed by atoms with Crippen LogP contribution in [0, 0.1) is 12.7 Å². The molecule has 10 heteroatoms. The van der Waals surface area contributed by atoms with Gasteiger partial charge in [-0.1, -0.05) is 30.3 Å². The lowest BCUT2D eigenvalue weighted by Crippen LogP contribution is -2.49. The van der Waals surface area contributed by atoms with Gasteiger partial charge in [-0.25, -0.2) is 12.8 Å². The molecule has 0 spiro atoms. The van der Waals surface area contributed by atoms with Gasteiger partial charge in [0.2, 0.25) is 10.0 Å². The molecule has 0 unspecified atom stereocenters. The minimum atomic E-state index is -3.73. The summed E-state index contributed by atoms with van der Waals surface area (Å²) in [7, 11) is -3.73. The van der Waals surface area contributed by atoms with Crippen LogP contribution in [0.3, 0.4) is 0 Å². The Balaban J connectivity index is 1.92. The van der Waals surface area contributed by atoms with Gasteiger partial charge in [0.15, 0.2) is 18.2 Å². The highest BCUT2D eigenvalue weighted by atomic mass is 32.2. The van der Waals surface area contributed by atoms with Gasteiger partial charge in [-0.3, -0.25) is 24.7 Å². The maximum absolute atomic E-state index is 13.4. The third kappa shape index (κ3) is 5.95. The van der Waals surface area contributed by atoms with E-state index in [1.54, 1.807) is 37.3 Å². The minimum absolute atomic E-state index is 0.105. The summed E-state index contributed by atoms with van der Waals surface area (Å²) in [6.45, 7) is 0.653. The number of halogens is 1. The van der Waals surface area contributed by atoms with E-state index < -0.39 is 40.8 Å². The predicted octanol–water partition coefficient (Wildman–Crippen LogP) is 1.13. The van der Waals surface area contributed by atoms with Crippen LogP contribution >= 0.6 is 0 Å². The third-order valence-electron chi connectivity index (χ3n) is 3.61. The number of ether oxygens (including phenoxy) is 1. The van der Waals surface area contributed by atoms with Gasteiger partial charge in [-0.2, -0.15) is 0 Å². The quantitative estimate of drug-likeness (QED) is 0.667. The highest BCUT2D eigenvalue weighted by Crippen LogP contribution is 2.21. The van der Waals surface area contributed by atoms with Gasteiger partial charge in [-0.05, 0) is 30.7 Å². The monoisotopic (exact) mass is 409 g/mol. The van der Waals surface area contributed by atoms with Crippen molar-refractivity contribution in [3.05, 3.63) is 59.9 Å². The van der Waals surface area contributed by atoms with Gasteiger partial charge in [0.05, 0.1) is 11.9 Å². The fraction of sp³-hybridized carbons (Fsp3) is 0.222. The number of carbonyl (C=O) groups excluding carboxylic acids is 2. The molecular weight excluding hydrogens is 389 g/mol. The minimum Gasteiger partial charge on any atom is -0.481 e. The van der Waals surface area contributed by atoms with Crippen molar-refractivity contribution in [3.8, 4) is 5.75 Å². The maximum atomic E-state index is 13.4. The van der Waals surface area contributed by atoms with Crippen LogP contribution in [0.25, 0.3) is 0 Å². The lowest BCUT2D eigenvalue weighted by molar-refractivity contribution is -0.129. The molecule has 0 bridgehead atoms. The van der Waals surface area contributed by atoms with E-state index in [1.807, 2.05) is 0 Å². The molecule has 0 saturated carbocycles. The topological polar surface area (TPSA) is 105 Å². The third-order valence-corrected chi connectivity index (χ3v) is 4.73. The van der Waals surface area contributed by atoms with E-state index in [2.05, 4.69) is 10.9 Å². The summed E-state index contributed by atoms with van der Waals surface area (Å²) in [5.41, 5.74) is 5.22. The average molecular weight is 409 g/mol. The van der Waals surface area contributed by atoms with Gasteiger partial charge in [0.25, 0.3) is 11.8 Å². The molecule has 0 atom stereocenters. The highest BCUT2D eigenvalue weighted by Gasteiger charge is 2.22. The van der Waals surface area contributed by atoms with Crippen molar-refractivity contribution in [3.63, 3.8) is 0 Å². The van der Waals surface area contributed by atoms with Crippen LogP contribution in [-0.2, 0) is 19.6 Å². The van der Waals surface area contributed by atoms with Gasteiger partial charge < -0.3 is 4.74 Å². The number of hydrogen-bond acceptors (Lipinski definition) is 5. The van der Waals surface area contributed by atoms with E-state index in [9.17, 15) is 22.4 Å². The second-order valence-electron chi connectivity index (χ2n) is 5.87. The number of benzene rings is 2. The SMILES string of the molecule is Cc1ccccc1N(CC(=O)NNC(=O)COc1ccccc1F)S(C)(=O)=O. The molecule has 0 aliphatic carbocycles. The number of amides is 2. The summed E-state index contributed by atoms with van der Waals surface area (Å²) < 4.78 is 43.5. The number of hydrazine groups is 1. The number of carbonyl (C=O) groups is 2. The molecule has 2 aromatic carbocycles. The Morgan fingerprint density at radius 3 is 2.29 bits per heavy atom. The van der Waals surface area contributed by atoms with Crippen LogP contribution in [0.5, 0.6) is 5.75 Å². The summed E-state index contributed by atoms with van der Waals surface area (Å²) in [5, 5.41) is 0. The number of aryl methyl sites for hydroxylation is 1. The van der Waals surface area contributed by atoms with Crippen molar-refractivity contribution in [2.24, 2.45) is 0 Å². The summed E-state index contributed by atoms with van der Waals surface area (Å²) in [4.78, 5) is 23.8. The lowest BCUT2D eigenvalue weighted by atomic mass is 10.2. The molecule has 2 rings (SSSR count). The van der Waals surface area contributed by atoms with Crippen LogP contribution in [0.1, 0.15) is 5.56 Å². The molecule has 0 heterocycles. The van der Waals surface area contributed by atoms with Gasteiger partial charge in [0, 0.05) is 0 Å². The molecule has 0 aliphatic heterocycles. The van der Waals surface area contributed by atoms with E-state index in [0.717, 1.165) is 10.6 Å². The molecule has 0 saturated heterocycles. The van der Waals surface area contributed by atoms with Crippen LogP contribution in [0.2, 0.25) is 0 Å². The zero-order valence-corrected chi connectivity index (χ0v) is 16.1. The van der Waals surface area contributed by atoms with Crippen molar-refractivity contribution in [2.45, 2.75) is 6.92 Å². The van der Waals surface area contributed by atoms with Crippen LogP contribution in [0.4, 0.5) is 10.1 Å². The summed E-state index contributed by atoms with van der Waals surface area (Å²) in [5.74, 6) is -2.22. The predicted molar refractivity (Wildman–Crippen MR) is 102 cm³/mol. The average Bonchev–Trinajstić information content (AvgIpc) is 2.63. The smallest absolute Gasteiger partial charge is 0.276 e. The maximum Gasteiger partial charge on any atom is 0.276 e. The Morgan fingerprint density at radius 1 is 1.04 bits per heavy atom. The van der Waals surface area contributed by atoms with Gasteiger partial charge >= 0.3 is 0 Å². The van der Waals surface area contributed by atoms with Gasteiger partial charge in [-0.15, -0.1) is 0 Å². The molecule has 0 aromatic heterocycles. The number of hydrogen-bond donors (Lipinski definition) is 2. The first kappa shape index (κ1) is 21.2. The highest BCUT2D eigenvalue weighted by molar-refractivity contribution is 7.92. The normalized spacial score (nSPS) is 10.8. The van der Waals surface area contributed by atoms with Crippen LogP contribution in [0.15, 0.2) is 48.5 Å². The zero-order valence-electron chi connectivity index (χ0n) is 15.3. The number of nitrogens with zero attached hydrogens (tertiary/aromatic N) is 1. The van der Waals surface area contributed by atoms with Crippen molar-refractivity contribution in [1.82, 2.24) is 10.9 Å². The fourth-order valence-electron chi connectivity index (χ4n) is 2.27. The first-order valence-electron chi connectivity index (χ1n) is 8.17. The Morgan fingerprint density at radius 2 is 1.64 bits per heavy atom. The number of nitrogens with one attached hydrogen (secondary N) is 2. The summed E-state index contributed by atoms with van der Waals surface area (Å²) in [6, 6.07) is 12.2. The van der Waals surface area contributed by atoms with Crippen LogP contribution < -0.4 is 19.9 Å². The lowest BCUT2D eigenvalue weighted by Gasteiger charge is -2.23. The second-order valence-corrected chi connectivity index (χ2v) is 7.78. The number of para-hydroxylation sites is 2. The van der Waals surface area contributed by atoms with Crippen molar-refractivity contribution in [1.29, 1.82) is 0 Å². The van der Waals surface area contributed by atoms with Crippen molar-refractivity contribution >= 4 is 27.5 Å². The van der Waals surface area contributed by atoms with Crippen LogP contribution in [-0.4, -0.2) is 39.6 Å². The molecule has 2 aromatic rings. The van der Waals surface area contributed by atoms with E-state index in [-0.39, 0.29) is 5.75 Å². The molecule has 0 aliphatic rings. The van der Waals surface area contributed by atoms with Gasteiger partial charge in [0.1, 0.15) is 6.54 Å². The molecule has 2 N–H and O–H groups in total. The summed E-state index contributed by atoms with van der Waals surface area (Å²) in [6.07, 6.45) is 0.980. The van der Waals surface area contributed by atoms with E-state index in [1.165, 1.54) is 18.2 Å². The molecule has 0 radical (unpaired) electrons. The number of anilines is 1. The zero-order chi connectivity index (χ0) is 20.7. The van der Waals surface area contributed by atoms with E-state index >= 15 is 0 Å². The fourth-order valence-corrected chi connectivity index (χ4v) is 3.19. The second kappa shape index (κ2) is 9.18. The Hall–Kier alpha value is -3.14. The Bertz CT molecular complexity index is 965. The first-order chi connectivity index (χ1) is 13.2. The van der Waals surface area contributed by atoms with E-state index in [0.29, 0.717) is 11.3 Å². The van der Waals surface area contributed by atoms with Crippen molar-refractivity contribution < 1.29 is 27.1 Å². The number of rotatable bonds is 7. The first-order valence-corrected chi connectivity index (χ1v) is 10.0. The number of sulfonamides is 1. The van der Waals surface area contributed by atoms with Crippen molar-refractivity contribution in [2.75, 3.05) is 23.7 Å². The molecule has 8 nitrogen and oxygen atoms in total. The summed E-state index contributed by atoms with van der Waals surface area (Å²) >= 11 is 0.